The van der Waals surface area contributed by atoms with Gasteiger partial charge in [0.2, 0.25) is 0 Å². The van der Waals surface area contributed by atoms with Crippen molar-refractivity contribution in [3.05, 3.63) is 0 Å². The van der Waals surface area contributed by atoms with E-state index in [0.717, 1.165) is 5.92 Å². The number of nitrogens with one attached hydrogen (secondary N) is 1. The molecule has 0 aliphatic carbocycles. The van der Waals surface area contributed by atoms with E-state index in [1.54, 1.807) is 0 Å². The van der Waals surface area contributed by atoms with Gasteiger partial charge in [-0.05, 0) is 45.2 Å². The average molecular weight is 198 g/mol. The number of nitrogens with zero attached hydrogens (tertiary/aromatic N) is 1. The van der Waals surface area contributed by atoms with E-state index < -0.39 is 0 Å². The van der Waals surface area contributed by atoms with Crippen molar-refractivity contribution in [2.24, 2.45) is 11.3 Å². The second-order valence-electron chi connectivity index (χ2n) is 5.45. The monoisotopic (exact) mass is 198 g/mol. The molecule has 1 aliphatic heterocycles. The molecular weight excluding hydrogens is 172 g/mol. The summed E-state index contributed by atoms with van der Waals surface area (Å²) in [5.41, 5.74) is 0.513. The topological polar surface area (TPSA) is 15.3 Å². The Morgan fingerprint density at radius 3 is 2.29 bits per heavy atom. The van der Waals surface area contributed by atoms with Crippen molar-refractivity contribution >= 4 is 0 Å². The van der Waals surface area contributed by atoms with Crippen LogP contribution in [0.1, 0.15) is 34.1 Å². The molecule has 1 heterocycles. The van der Waals surface area contributed by atoms with Gasteiger partial charge in [-0.25, -0.2) is 0 Å². The molecule has 14 heavy (non-hydrogen) atoms. The van der Waals surface area contributed by atoms with Crippen molar-refractivity contribution in [1.29, 1.82) is 0 Å². The minimum atomic E-state index is 0.513. The first-order valence-corrected chi connectivity index (χ1v) is 5.89. The molecule has 1 unspecified atom stereocenters. The van der Waals surface area contributed by atoms with Gasteiger partial charge in [-0.1, -0.05) is 13.8 Å². The molecule has 1 N–H and O–H groups in total. The van der Waals surface area contributed by atoms with Gasteiger partial charge in [-0.15, -0.1) is 0 Å². The first-order chi connectivity index (χ1) is 6.48. The molecule has 0 bridgehead atoms. The fourth-order valence-electron chi connectivity index (χ4n) is 2.25. The Bertz CT molecular complexity index is 169. The summed E-state index contributed by atoms with van der Waals surface area (Å²) in [5, 5.41) is 3.51. The van der Waals surface area contributed by atoms with Gasteiger partial charge >= 0.3 is 0 Å². The van der Waals surface area contributed by atoms with Crippen LogP contribution >= 0.6 is 0 Å². The molecule has 0 radical (unpaired) electrons. The van der Waals surface area contributed by atoms with Crippen LogP contribution in [-0.2, 0) is 0 Å². The number of rotatable bonds is 4. The predicted molar refractivity (Wildman–Crippen MR) is 62.5 cm³/mol. The van der Waals surface area contributed by atoms with Crippen molar-refractivity contribution < 1.29 is 0 Å². The molecule has 2 nitrogen and oxygen atoms in total. The molecule has 0 aromatic rings. The normalized spacial score (nSPS) is 28.3. The third-order valence-electron chi connectivity index (χ3n) is 3.95. The molecule has 0 aromatic heterocycles. The van der Waals surface area contributed by atoms with Crippen LogP contribution in [0.15, 0.2) is 0 Å². The minimum Gasteiger partial charge on any atom is -0.316 e. The van der Waals surface area contributed by atoms with E-state index in [1.807, 2.05) is 0 Å². The van der Waals surface area contributed by atoms with Crippen molar-refractivity contribution in [1.82, 2.24) is 10.2 Å². The molecule has 1 fully saturated rings. The van der Waals surface area contributed by atoms with Crippen LogP contribution in [0.2, 0.25) is 0 Å². The van der Waals surface area contributed by atoms with E-state index in [2.05, 4.69) is 45.0 Å². The highest BCUT2D eigenvalue weighted by Gasteiger charge is 2.37. The van der Waals surface area contributed by atoms with Gasteiger partial charge < -0.3 is 10.2 Å². The summed E-state index contributed by atoms with van der Waals surface area (Å²) in [4.78, 5) is 2.48. The van der Waals surface area contributed by atoms with Gasteiger partial charge in [0.05, 0.1) is 0 Å². The number of hydrogen-bond donors (Lipinski definition) is 1. The van der Waals surface area contributed by atoms with E-state index >= 15 is 0 Å². The van der Waals surface area contributed by atoms with Gasteiger partial charge in [-0.2, -0.15) is 0 Å². The van der Waals surface area contributed by atoms with E-state index in [9.17, 15) is 0 Å². The zero-order valence-corrected chi connectivity index (χ0v) is 10.4. The molecule has 0 spiro atoms. The predicted octanol–water partition coefficient (Wildman–Crippen LogP) is 1.96. The highest BCUT2D eigenvalue weighted by molar-refractivity contribution is 4.92. The molecule has 1 aliphatic rings. The Labute approximate surface area is 89.1 Å². The lowest BCUT2D eigenvalue weighted by molar-refractivity contribution is 0.117. The van der Waals surface area contributed by atoms with Crippen molar-refractivity contribution in [2.45, 2.75) is 40.2 Å². The maximum atomic E-state index is 3.51. The summed E-state index contributed by atoms with van der Waals surface area (Å²) >= 11 is 0. The Morgan fingerprint density at radius 2 is 1.93 bits per heavy atom. The first-order valence-electron chi connectivity index (χ1n) is 5.89. The third kappa shape index (κ3) is 2.48. The molecule has 0 amide bonds. The maximum Gasteiger partial charge on any atom is 0.00527 e. The van der Waals surface area contributed by atoms with Gasteiger partial charge in [0, 0.05) is 19.1 Å². The molecule has 1 atom stereocenters. The largest absolute Gasteiger partial charge is 0.316 e. The molecular formula is C12H26N2. The van der Waals surface area contributed by atoms with Gasteiger partial charge in [0.15, 0.2) is 0 Å². The maximum absolute atomic E-state index is 3.51. The fourth-order valence-corrected chi connectivity index (χ4v) is 2.25. The Hall–Kier alpha value is -0.0800. The molecule has 1 rings (SSSR count). The standard InChI is InChI=1S/C12H26N2/c1-10(2)12(6-7-13-8-12)9-14(5)11(3)4/h10-11,13H,6-9H2,1-5H3. The Morgan fingerprint density at radius 1 is 1.29 bits per heavy atom. The van der Waals surface area contributed by atoms with Crippen LogP contribution in [0.5, 0.6) is 0 Å². The van der Waals surface area contributed by atoms with E-state index in [-0.39, 0.29) is 0 Å². The zero-order chi connectivity index (χ0) is 10.8. The first kappa shape index (κ1) is 12.0. The summed E-state index contributed by atoms with van der Waals surface area (Å²) in [6.07, 6.45) is 1.34. The van der Waals surface area contributed by atoms with Gasteiger partial charge in [0.25, 0.3) is 0 Å². The van der Waals surface area contributed by atoms with Crippen LogP contribution < -0.4 is 5.32 Å². The lowest BCUT2D eigenvalue weighted by Crippen LogP contribution is -2.43. The average Bonchev–Trinajstić information content (AvgIpc) is 2.53. The third-order valence-corrected chi connectivity index (χ3v) is 3.95. The van der Waals surface area contributed by atoms with Crippen LogP contribution in [0.3, 0.4) is 0 Å². The van der Waals surface area contributed by atoms with Crippen molar-refractivity contribution in [3.8, 4) is 0 Å². The molecule has 2 heteroatoms. The lowest BCUT2D eigenvalue weighted by Gasteiger charge is -2.38. The molecule has 0 aromatic carbocycles. The highest BCUT2D eigenvalue weighted by Crippen LogP contribution is 2.34. The quantitative estimate of drug-likeness (QED) is 0.743. The zero-order valence-electron chi connectivity index (χ0n) is 10.4. The lowest BCUT2D eigenvalue weighted by atomic mass is 9.76. The summed E-state index contributed by atoms with van der Waals surface area (Å²) in [7, 11) is 2.24. The van der Waals surface area contributed by atoms with Gasteiger partial charge in [0.1, 0.15) is 0 Å². The van der Waals surface area contributed by atoms with E-state index in [1.165, 1.54) is 26.1 Å². The summed E-state index contributed by atoms with van der Waals surface area (Å²) in [6.45, 7) is 12.9. The smallest absolute Gasteiger partial charge is 0.00527 e. The van der Waals surface area contributed by atoms with Crippen LogP contribution in [0, 0.1) is 11.3 Å². The van der Waals surface area contributed by atoms with Crippen LogP contribution in [0.4, 0.5) is 0 Å². The Kier molecular flexibility index (Phi) is 3.96. The molecule has 84 valence electrons. The summed E-state index contributed by atoms with van der Waals surface area (Å²) < 4.78 is 0. The second kappa shape index (κ2) is 4.63. The molecule has 1 saturated heterocycles. The van der Waals surface area contributed by atoms with E-state index in [0.29, 0.717) is 11.5 Å². The van der Waals surface area contributed by atoms with Crippen LogP contribution in [-0.4, -0.2) is 37.6 Å². The summed E-state index contributed by atoms with van der Waals surface area (Å²) in [5.74, 6) is 0.777. The fraction of sp³-hybridized carbons (Fsp3) is 1.00. The minimum absolute atomic E-state index is 0.513. The SMILES string of the molecule is CC(C)N(C)CC1(C(C)C)CCNC1. The molecule has 0 saturated carbocycles. The Balaban J connectivity index is 2.60. The van der Waals surface area contributed by atoms with Gasteiger partial charge in [-0.3, -0.25) is 0 Å². The van der Waals surface area contributed by atoms with Crippen molar-refractivity contribution in [2.75, 3.05) is 26.7 Å². The summed E-state index contributed by atoms with van der Waals surface area (Å²) in [6, 6.07) is 0.659. The van der Waals surface area contributed by atoms with E-state index in [4.69, 9.17) is 0 Å². The highest BCUT2D eigenvalue weighted by atomic mass is 15.1. The van der Waals surface area contributed by atoms with Crippen molar-refractivity contribution in [3.63, 3.8) is 0 Å². The van der Waals surface area contributed by atoms with Crippen LogP contribution in [0.25, 0.3) is 0 Å². The number of hydrogen-bond acceptors (Lipinski definition) is 2. The second-order valence-corrected chi connectivity index (χ2v) is 5.45.